The number of carboxylic acid groups (broad SMARTS) is 1. The van der Waals surface area contributed by atoms with E-state index in [1.54, 1.807) is 13.8 Å². The van der Waals surface area contributed by atoms with Crippen LogP contribution in [-0.2, 0) is 38.4 Å². The van der Waals surface area contributed by atoms with Crippen molar-refractivity contribution in [2.75, 3.05) is 26.3 Å². The second-order valence-corrected chi connectivity index (χ2v) is 11.8. The molecule has 0 radical (unpaired) electrons. The van der Waals surface area contributed by atoms with Gasteiger partial charge in [0.05, 0.1) is 25.9 Å². The van der Waals surface area contributed by atoms with Crippen molar-refractivity contribution in [2.45, 2.75) is 95.2 Å². The van der Waals surface area contributed by atoms with Crippen LogP contribution in [0.4, 0.5) is 0 Å². The molecule has 1 fully saturated rings. The first-order chi connectivity index (χ1) is 22.4. The minimum absolute atomic E-state index is 0.0479. The lowest BCUT2D eigenvalue weighted by Crippen LogP contribution is -2.59. The highest BCUT2D eigenvalue weighted by molar-refractivity contribution is 5.96. The number of nitrogens with zero attached hydrogens (tertiary/aromatic N) is 1. The van der Waals surface area contributed by atoms with E-state index in [2.05, 4.69) is 26.6 Å². The van der Waals surface area contributed by atoms with Gasteiger partial charge in [-0.25, -0.2) is 4.79 Å². The Morgan fingerprint density at radius 1 is 0.854 bits per heavy atom. The van der Waals surface area contributed by atoms with Gasteiger partial charge in [0, 0.05) is 13.0 Å². The van der Waals surface area contributed by atoms with E-state index in [9.17, 15) is 53.7 Å². The van der Waals surface area contributed by atoms with Crippen LogP contribution in [0.3, 0.4) is 0 Å². The van der Waals surface area contributed by atoms with Crippen molar-refractivity contribution < 1.29 is 58.8 Å². The molecule has 0 saturated carbocycles. The fourth-order valence-corrected chi connectivity index (χ4v) is 4.73. The first-order valence-electron chi connectivity index (χ1n) is 15.4. The maximum atomic E-state index is 13.1. The van der Waals surface area contributed by atoms with Gasteiger partial charge in [-0.15, -0.1) is 0 Å². The van der Waals surface area contributed by atoms with E-state index >= 15 is 0 Å². The van der Waals surface area contributed by atoms with Crippen molar-refractivity contribution in [3.05, 3.63) is 0 Å². The number of rotatable bonds is 20. The van der Waals surface area contributed by atoms with Gasteiger partial charge in [0.15, 0.2) is 0 Å². The third-order valence-electron chi connectivity index (χ3n) is 7.31. The highest BCUT2D eigenvalue weighted by Gasteiger charge is 2.40. The molecule has 0 aromatic heterocycles. The molecule has 0 aromatic carbocycles. The van der Waals surface area contributed by atoms with Crippen LogP contribution in [0.25, 0.3) is 0 Å². The number of aliphatic hydroxyl groups is 3. The summed E-state index contributed by atoms with van der Waals surface area (Å²) < 4.78 is 0. The van der Waals surface area contributed by atoms with Gasteiger partial charge in [-0.05, 0) is 38.5 Å². The van der Waals surface area contributed by atoms with Crippen LogP contribution in [0.5, 0.6) is 0 Å². The van der Waals surface area contributed by atoms with Crippen molar-refractivity contribution in [1.82, 2.24) is 31.5 Å². The van der Waals surface area contributed by atoms with Gasteiger partial charge in [0.2, 0.25) is 41.4 Å². The molecule has 1 aliphatic rings. The lowest BCUT2D eigenvalue weighted by atomic mass is 10.0. The summed E-state index contributed by atoms with van der Waals surface area (Å²) in [6, 6.07) is -8.21. The lowest BCUT2D eigenvalue weighted by molar-refractivity contribution is -0.144. The normalized spacial score (nSPS) is 18.0. The molecule has 0 aliphatic carbocycles. The number of carbonyl (C=O) groups is 8. The Balaban J connectivity index is 2.85. The summed E-state index contributed by atoms with van der Waals surface area (Å²) in [5, 5.41) is 49.8. The molecule has 20 heteroatoms. The van der Waals surface area contributed by atoms with E-state index < -0.39 is 109 Å². The summed E-state index contributed by atoms with van der Waals surface area (Å²) in [6.07, 6.45) is -1.35. The Kier molecular flexibility index (Phi) is 17.4. The molecule has 0 spiro atoms. The Bertz CT molecular complexity index is 1180. The van der Waals surface area contributed by atoms with E-state index in [-0.39, 0.29) is 38.1 Å². The number of hydrogen-bond donors (Lipinski definition) is 11. The van der Waals surface area contributed by atoms with E-state index in [0.29, 0.717) is 6.42 Å². The molecule has 13 N–H and O–H groups in total. The number of carbonyl (C=O) groups excluding carboxylic acids is 7. The van der Waals surface area contributed by atoms with Crippen LogP contribution in [0.1, 0.15) is 52.9 Å². The van der Waals surface area contributed by atoms with E-state index in [4.69, 9.17) is 16.6 Å². The molecule has 1 heterocycles. The molecule has 7 atom stereocenters. The average molecular weight is 689 g/mol. The van der Waals surface area contributed by atoms with Crippen LogP contribution in [0, 0.1) is 5.92 Å². The molecule has 20 nitrogen and oxygen atoms in total. The summed E-state index contributed by atoms with van der Waals surface area (Å²) in [4.78, 5) is 100. The largest absolute Gasteiger partial charge is 0.480 e. The van der Waals surface area contributed by atoms with E-state index in [0.717, 1.165) is 4.90 Å². The number of likely N-dealkylation sites (tertiary alicyclic amines) is 1. The van der Waals surface area contributed by atoms with Crippen LogP contribution in [0.2, 0.25) is 0 Å². The molecule has 272 valence electrons. The molecule has 0 aromatic rings. The van der Waals surface area contributed by atoms with Gasteiger partial charge in [-0.3, -0.25) is 33.6 Å². The fraction of sp³-hybridized carbons (Fsp3) is 0.714. The molecule has 48 heavy (non-hydrogen) atoms. The average Bonchev–Trinajstić information content (AvgIpc) is 3.51. The summed E-state index contributed by atoms with van der Waals surface area (Å²) in [5.74, 6) is -7.57. The van der Waals surface area contributed by atoms with Crippen LogP contribution < -0.4 is 38.1 Å². The van der Waals surface area contributed by atoms with Gasteiger partial charge in [0.25, 0.3) is 0 Å². The van der Waals surface area contributed by atoms with Crippen molar-refractivity contribution >= 4 is 47.3 Å². The van der Waals surface area contributed by atoms with E-state index in [1.165, 1.54) is 6.92 Å². The second-order valence-electron chi connectivity index (χ2n) is 11.8. The second kappa shape index (κ2) is 20.1. The molecule has 1 rings (SSSR count). The summed E-state index contributed by atoms with van der Waals surface area (Å²) in [5.41, 5.74) is 10.5. The van der Waals surface area contributed by atoms with Crippen LogP contribution in [-0.4, -0.2) is 141 Å². The minimum Gasteiger partial charge on any atom is -0.480 e. The predicted octanol–water partition coefficient (Wildman–Crippen LogP) is -5.88. The molecule has 0 bridgehead atoms. The quantitative estimate of drug-likeness (QED) is 0.0568. The molecule has 1 aliphatic heterocycles. The number of aliphatic hydroxyl groups excluding tert-OH is 3. The van der Waals surface area contributed by atoms with Gasteiger partial charge in [-0.2, -0.15) is 0 Å². The Hall–Kier alpha value is -4.40. The predicted molar refractivity (Wildman–Crippen MR) is 165 cm³/mol. The number of aliphatic carboxylic acids is 1. The smallest absolute Gasteiger partial charge is 0.326 e. The van der Waals surface area contributed by atoms with Crippen LogP contribution in [0.15, 0.2) is 0 Å². The lowest BCUT2D eigenvalue weighted by Gasteiger charge is -2.30. The maximum absolute atomic E-state index is 13.1. The highest BCUT2D eigenvalue weighted by Crippen LogP contribution is 2.19. The highest BCUT2D eigenvalue weighted by atomic mass is 16.4. The van der Waals surface area contributed by atoms with Crippen molar-refractivity contribution in [3.63, 3.8) is 0 Å². The van der Waals surface area contributed by atoms with Gasteiger partial charge in [-0.1, -0.05) is 13.8 Å². The zero-order valence-corrected chi connectivity index (χ0v) is 27.1. The number of nitrogens with one attached hydrogen (secondary N) is 5. The van der Waals surface area contributed by atoms with E-state index in [1.807, 2.05) is 0 Å². The molecular weight excluding hydrogens is 640 g/mol. The van der Waals surface area contributed by atoms with Crippen molar-refractivity contribution in [1.29, 1.82) is 0 Å². The zero-order valence-electron chi connectivity index (χ0n) is 27.1. The molecule has 7 amide bonds. The van der Waals surface area contributed by atoms with Gasteiger partial charge < -0.3 is 63.4 Å². The third-order valence-corrected chi connectivity index (χ3v) is 7.31. The molecule has 1 saturated heterocycles. The summed E-state index contributed by atoms with van der Waals surface area (Å²) in [7, 11) is 0. The number of amides is 7. The number of hydrogen-bond acceptors (Lipinski definition) is 12. The van der Waals surface area contributed by atoms with Gasteiger partial charge >= 0.3 is 5.97 Å². The summed E-state index contributed by atoms with van der Waals surface area (Å²) >= 11 is 0. The Labute approximate surface area is 276 Å². The summed E-state index contributed by atoms with van der Waals surface area (Å²) in [6.45, 7) is 2.51. The molecule has 0 unspecified atom stereocenters. The first-order valence-corrected chi connectivity index (χ1v) is 15.4. The first kappa shape index (κ1) is 41.6. The maximum Gasteiger partial charge on any atom is 0.326 e. The van der Waals surface area contributed by atoms with Crippen LogP contribution >= 0.6 is 0 Å². The Morgan fingerprint density at radius 2 is 1.46 bits per heavy atom. The third kappa shape index (κ3) is 13.4. The monoisotopic (exact) mass is 688 g/mol. The van der Waals surface area contributed by atoms with Gasteiger partial charge in [0.1, 0.15) is 36.3 Å². The fourth-order valence-electron chi connectivity index (χ4n) is 4.73. The van der Waals surface area contributed by atoms with Crippen molar-refractivity contribution in [3.8, 4) is 0 Å². The number of carboxylic acids is 1. The zero-order chi connectivity index (χ0) is 36.7. The number of primary amides is 1. The SMILES string of the molecule is CC(C)C[C@H](NC(=O)[C@H](CO)NC(=O)CNC(=O)[C@@H]1CCCN1C(=O)[C@@H](NC(=O)[C@@H](N)CO)[C@@H](C)O)C(=O)N[C@@H](CCC(N)=O)C(=O)O. The topological polar surface area (TPSA) is 333 Å². The van der Waals surface area contributed by atoms with Crippen molar-refractivity contribution in [2.24, 2.45) is 17.4 Å². The Morgan fingerprint density at radius 3 is 1.98 bits per heavy atom. The standard InChI is InChI=1S/C28H48N8O12/c1-13(2)9-17(24(43)33-16(28(47)48)6-7-20(30)40)34-25(44)18(12-38)32-21(41)10-31-26(45)19-5-4-8-36(19)27(46)22(14(3)39)35-23(42)15(29)11-37/h13-19,22,37-39H,4-12,29H2,1-3H3,(H2,30,40)(H,31,45)(H,32,41)(H,33,43)(H,34,44)(H,35,42)(H,47,48)/t14-,15+,16+,17+,18+,19+,22+/m1/s1. The minimum atomic E-state index is -1.58. The molecular formula is C28H48N8O12. The number of nitrogens with two attached hydrogens (primary N) is 2.